The molecule has 2 aromatic rings. The number of thioether (sulfide) groups is 1. The molecule has 3 rings (SSSR count). The molecule has 25 heavy (non-hydrogen) atoms. The van der Waals surface area contributed by atoms with Gasteiger partial charge in [-0.25, -0.2) is 9.97 Å². The Morgan fingerprint density at radius 3 is 2.64 bits per heavy atom. The van der Waals surface area contributed by atoms with Crippen LogP contribution in [0.1, 0.15) is 23.1 Å². The van der Waals surface area contributed by atoms with E-state index in [9.17, 15) is 4.79 Å². The van der Waals surface area contributed by atoms with E-state index in [1.807, 2.05) is 38.1 Å². The second-order valence-electron chi connectivity index (χ2n) is 5.71. The fourth-order valence-corrected chi connectivity index (χ4v) is 3.25. The summed E-state index contributed by atoms with van der Waals surface area (Å²) < 4.78 is 5.37. The Morgan fingerprint density at radius 2 is 1.96 bits per heavy atom. The molecule has 0 radical (unpaired) electrons. The fraction of sp³-hybridized carbons (Fsp3) is 0.389. The normalized spacial score (nSPS) is 14.4. The van der Waals surface area contributed by atoms with Gasteiger partial charge in [-0.1, -0.05) is 18.7 Å². The third-order valence-corrected chi connectivity index (χ3v) is 4.57. The second kappa shape index (κ2) is 8.31. The van der Waals surface area contributed by atoms with Crippen LogP contribution in [0.4, 0.5) is 11.4 Å². The first-order valence-corrected chi connectivity index (χ1v) is 9.37. The maximum Gasteiger partial charge on any atom is 0.274 e. The van der Waals surface area contributed by atoms with Crippen molar-refractivity contribution in [3.05, 3.63) is 41.7 Å². The van der Waals surface area contributed by atoms with Crippen LogP contribution in [-0.2, 0) is 4.74 Å². The summed E-state index contributed by atoms with van der Waals surface area (Å²) in [5, 5.41) is 3.54. The first kappa shape index (κ1) is 17.7. The van der Waals surface area contributed by atoms with Crippen LogP contribution in [0.15, 0.2) is 35.5 Å². The molecule has 1 amide bonds. The van der Waals surface area contributed by atoms with Gasteiger partial charge in [0.1, 0.15) is 5.69 Å². The van der Waals surface area contributed by atoms with E-state index in [1.54, 1.807) is 6.07 Å². The van der Waals surface area contributed by atoms with Crippen molar-refractivity contribution in [3.8, 4) is 0 Å². The van der Waals surface area contributed by atoms with Crippen molar-refractivity contribution in [2.45, 2.75) is 19.0 Å². The molecule has 0 unspecified atom stereocenters. The standard InChI is InChI=1S/C18H22N4O2S/c1-3-25-18-19-13(2)12-16(21-18)17(23)20-14-4-6-15(7-5-14)22-8-10-24-11-9-22/h4-7,12H,3,8-11H2,1-2H3,(H,20,23). The zero-order valence-corrected chi connectivity index (χ0v) is 15.3. The van der Waals surface area contributed by atoms with E-state index >= 15 is 0 Å². The van der Waals surface area contributed by atoms with E-state index in [0.29, 0.717) is 10.9 Å². The molecule has 1 fully saturated rings. The number of hydrogen-bond donors (Lipinski definition) is 1. The summed E-state index contributed by atoms with van der Waals surface area (Å²) in [6.07, 6.45) is 0. The summed E-state index contributed by atoms with van der Waals surface area (Å²) in [6.45, 7) is 7.20. The van der Waals surface area contributed by atoms with Crippen LogP contribution < -0.4 is 10.2 Å². The number of ether oxygens (including phenoxy) is 1. The van der Waals surface area contributed by atoms with E-state index in [-0.39, 0.29) is 5.91 Å². The fourth-order valence-electron chi connectivity index (χ4n) is 2.62. The van der Waals surface area contributed by atoms with E-state index in [0.717, 1.165) is 49.1 Å². The number of carbonyl (C=O) groups is 1. The van der Waals surface area contributed by atoms with Gasteiger partial charge in [-0.15, -0.1) is 0 Å². The monoisotopic (exact) mass is 358 g/mol. The molecule has 0 atom stereocenters. The number of hydrogen-bond acceptors (Lipinski definition) is 6. The van der Waals surface area contributed by atoms with Crippen LogP contribution in [0, 0.1) is 6.92 Å². The van der Waals surface area contributed by atoms with Gasteiger partial charge in [0, 0.05) is 30.2 Å². The number of benzene rings is 1. The highest BCUT2D eigenvalue weighted by Gasteiger charge is 2.13. The highest BCUT2D eigenvalue weighted by atomic mass is 32.2. The molecule has 1 aliphatic rings. The number of morpholine rings is 1. The van der Waals surface area contributed by atoms with Gasteiger partial charge in [0.25, 0.3) is 5.91 Å². The van der Waals surface area contributed by atoms with Crippen molar-refractivity contribution >= 4 is 29.0 Å². The molecule has 1 aliphatic heterocycles. The minimum atomic E-state index is -0.220. The van der Waals surface area contributed by atoms with Crippen molar-refractivity contribution in [1.82, 2.24) is 9.97 Å². The summed E-state index contributed by atoms with van der Waals surface area (Å²) >= 11 is 1.53. The molecule has 1 aromatic carbocycles. The number of anilines is 2. The maximum absolute atomic E-state index is 12.5. The lowest BCUT2D eigenvalue weighted by Gasteiger charge is -2.28. The van der Waals surface area contributed by atoms with Crippen molar-refractivity contribution in [1.29, 1.82) is 0 Å². The maximum atomic E-state index is 12.5. The zero-order valence-electron chi connectivity index (χ0n) is 14.5. The van der Waals surface area contributed by atoms with Crippen molar-refractivity contribution in [2.75, 3.05) is 42.3 Å². The Hall–Kier alpha value is -2.12. The van der Waals surface area contributed by atoms with Gasteiger partial charge in [0.2, 0.25) is 0 Å². The highest BCUT2D eigenvalue weighted by molar-refractivity contribution is 7.99. The lowest BCUT2D eigenvalue weighted by molar-refractivity contribution is 0.102. The van der Waals surface area contributed by atoms with E-state index in [1.165, 1.54) is 11.8 Å². The van der Waals surface area contributed by atoms with Crippen molar-refractivity contribution < 1.29 is 9.53 Å². The van der Waals surface area contributed by atoms with Crippen LogP contribution in [-0.4, -0.2) is 47.9 Å². The molecular weight excluding hydrogens is 336 g/mol. The van der Waals surface area contributed by atoms with Gasteiger partial charge in [-0.05, 0) is 43.0 Å². The van der Waals surface area contributed by atoms with Gasteiger partial charge in [0.15, 0.2) is 5.16 Å². The van der Waals surface area contributed by atoms with Crippen molar-refractivity contribution in [3.63, 3.8) is 0 Å². The van der Waals surface area contributed by atoms with Crippen LogP contribution in [0.25, 0.3) is 0 Å². The minimum Gasteiger partial charge on any atom is -0.378 e. The number of amides is 1. The molecule has 0 saturated carbocycles. The van der Waals surface area contributed by atoms with Gasteiger partial charge in [-0.2, -0.15) is 0 Å². The molecule has 6 nitrogen and oxygen atoms in total. The Morgan fingerprint density at radius 1 is 1.24 bits per heavy atom. The number of aryl methyl sites for hydroxylation is 1. The average molecular weight is 358 g/mol. The largest absolute Gasteiger partial charge is 0.378 e. The van der Waals surface area contributed by atoms with E-state index in [2.05, 4.69) is 20.2 Å². The first-order chi connectivity index (χ1) is 12.2. The zero-order chi connectivity index (χ0) is 17.6. The Labute approximate surface area is 152 Å². The predicted molar refractivity (Wildman–Crippen MR) is 101 cm³/mol. The Balaban J connectivity index is 1.68. The van der Waals surface area contributed by atoms with Gasteiger partial charge in [-0.3, -0.25) is 4.79 Å². The molecule has 1 N–H and O–H groups in total. The van der Waals surface area contributed by atoms with Crippen LogP contribution in [0.3, 0.4) is 0 Å². The topological polar surface area (TPSA) is 67.4 Å². The quantitative estimate of drug-likeness (QED) is 0.655. The third-order valence-electron chi connectivity index (χ3n) is 3.84. The number of rotatable bonds is 5. The highest BCUT2D eigenvalue weighted by Crippen LogP contribution is 2.20. The predicted octanol–water partition coefficient (Wildman–Crippen LogP) is 2.99. The summed E-state index contributed by atoms with van der Waals surface area (Å²) in [5.74, 6) is 0.649. The number of aromatic nitrogens is 2. The Kier molecular flexibility index (Phi) is 5.88. The molecule has 1 saturated heterocycles. The van der Waals surface area contributed by atoms with E-state index in [4.69, 9.17) is 4.74 Å². The van der Waals surface area contributed by atoms with Gasteiger partial charge >= 0.3 is 0 Å². The summed E-state index contributed by atoms with van der Waals surface area (Å²) in [6, 6.07) is 9.57. The van der Waals surface area contributed by atoms with E-state index < -0.39 is 0 Å². The molecule has 0 bridgehead atoms. The summed E-state index contributed by atoms with van der Waals surface area (Å²) in [4.78, 5) is 23.4. The molecular formula is C18H22N4O2S. The van der Waals surface area contributed by atoms with Crippen LogP contribution >= 0.6 is 11.8 Å². The second-order valence-corrected chi connectivity index (χ2v) is 6.94. The first-order valence-electron chi connectivity index (χ1n) is 8.38. The number of carbonyl (C=O) groups excluding carboxylic acids is 1. The molecule has 0 aliphatic carbocycles. The lowest BCUT2D eigenvalue weighted by atomic mass is 10.2. The van der Waals surface area contributed by atoms with Crippen LogP contribution in [0.5, 0.6) is 0 Å². The summed E-state index contributed by atoms with van der Waals surface area (Å²) in [7, 11) is 0. The minimum absolute atomic E-state index is 0.220. The molecule has 1 aromatic heterocycles. The van der Waals surface area contributed by atoms with Crippen LogP contribution in [0.2, 0.25) is 0 Å². The average Bonchev–Trinajstić information content (AvgIpc) is 2.63. The smallest absolute Gasteiger partial charge is 0.274 e. The lowest BCUT2D eigenvalue weighted by Crippen LogP contribution is -2.36. The summed E-state index contributed by atoms with van der Waals surface area (Å²) in [5.41, 5.74) is 3.07. The third kappa shape index (κ3) is 4.70. The van der Waals surface area contributed by atoms with Crippen molar-refractivity contribution in [2.24, 2.45) is 0 Å². The molecule has 2 heterocycles. The number of nitrogens with one attached hydrogen (secondary N) is 1. The molecule has 132 valence electrons. The SMILES string of the molecule is CCSc1nc(C)cc(C(=O)Nc2ccc(N3CCOCC3)cc2)n1. The number of nitrogens with zero attached hydrogens (tertiary/aromatic N) is 3. The van der Waals surface area contributed by atoms with Gasteiger partial charge < -0.3 is 15.0 Å². The van der Waals surface area contributed by atoms with Gasteiger partial charge in [0.05, 0.1) is 13.2 Å². The molecule has 7 heteroatoms. The Bertz CT molecular complexity index is 730. The molecule has 0 spiro atoms.